The van der Waals surface area contributed by atoms with Gasteiger partial charge in [0.05, 0.1) is 11.3 Å². The van der Waals surface area contributed by atoms with Gasteiger partial charge in [0.2, 0.25) is 0 Å². The van der Waals surface area contributed by atoms with E-state index in [9.17, 15) is 9.59 Å². The minimum absolute atomic E-state index is 0.0573. The van der Waals surface area contributed by atoms with Crippen LogP contribution in [0.2, 0.25) is 0 Å². The van der Waals surface area contributed by atoms with Crippen LogP contribution in [-0.2, 0) is 0 Å². The third kappa shape index (κ3) is 3.82. The second-order valence-electron chi connectivity index (χ2n) is 6.55. The van der Waals surface area contributed by atoms with E-state index in [1.807, 2.05) is 31.0 Å². The van der Waals surface area contributed by atoms with Crippen molar-refractivity contribution in [1.29, 1.82) is 0 Å². The number of carboxylic acid groups (broad SMARTS) is 1. The molecule has 136 valence electrons. The third-order valence-corrected chi connectivity index (χ3v) is 4.82. The third-order valence-electron chi connectivity index (χ3n) is 4.82. The van der Waals surface area contributed by atoms with Gasteiger partial charge in [-0.3, -0.25) is 4.79 Å². The number of hydrogen-bond acceptors (Lipinski definition) is 5. The second-order valence-corrected chi connectivity index (χ2v) is 6.55. The Morgan fingerprint density at radius 1 is 1.04 bits per heavy atom. The lowest BCUT2D eigenvalue weighted by molar-refractivity contribution is 0.0689. The molecule has 0 saturated carbocycles. The van der Waals surface area contributed by atoms with E-state index in [0.29, 0.717) is 24.7 Å². The maximum absolute atomic E-state index is 12.6. The monoisotopic (exact) mass is 354 g/mol. The molecule has 1 saturated heterocycles. The quantitative estimate of drug-likeness (QED) is 0.906. The molecular formula is C19H22N4O3. The fourth-order valence-electron chi connectivity index (χ4n) is 3.16. The van der Waals surface area contributed by atoms with Gasteiger partial charge >= 0.3 is 5.97 Å². The number of amides is 1. The van der Waals surface area contributed by atoms with Gasteiger partial charge in [0.15, 0.2) is 5.82 Å². The van der Waals surface area contributed by atoms with E-state index in [1.165, 1.54) is 12.1 Å². The van der Waals surface area contributed by atoms with Crippen LogP contribution in [0.15, 0.2) is 36.4 Å². The molecular weight excluding hydrogens is 332 g/mol. The van der Waals surface area contributed by atoms with Gasteiger partial charge in [0, 0.05) is 31.7 Å². The van der Waals surface area contributed by atoms with Crippen molar-refractivity contribution >= 4 is 17.7 Å². The number of nitrogens with zero attached hydrogens (tertiary/aromatic N) is 4. The number of carbonyl (C=O) groups excluding carboxylic acids is 1. The Labute approximate surface area is 152 Å². The number of carbonyl (C=O) groups is 2. The Morgan fingerprint density at radius 2 is 1.65 bits per heavy atom. The highest BCUT2D eigenvalue weighted by Gasteiger charge is 2.26. The van der Waals surface area contributed by atoms with Gasteiger partial charge in [-0.1, -0.05) is 0 Å². The normalized spacial score (nSPS) is 14.9. The van der Waals surface area contributed by atoms with Gasteiger partial charge < -0.3 is 14.9 Å². The zero-order chi connectivity index (χ0) is 18.7. The van der Waals surface area contributed by atoms with Crippen molar-refractivity contribution in [2.75, 3.05) is 25.0 Å². The molecule has 1 fully saturated rings. The van der Waals surface area contributed by atoms with Crippen molar-refractivity contribution in [3.05, 3.63) is 53.2 Å². The minimum Gasteiger partial charge on any atom is -0.478 e. The van der Waals surface area contributed by atoms with Crippen LogP contribution in [0.1, 0.15) is 39.3 Å². The molecule has 0 atom stereocenters. The van der Waals surface area contributed by atoms with Crippen molar-refractivity contribution in [3.8, 4) is 0 Å². The highest BCUT2D eigenvalue weighted by Crippen LogP contribution is 2.21. The van der Waals surface area contributed by atoms with Crippen LogP contribution in [0, 0.1) is 6.92 Å². The van der Waals surface area contributed by atoms with Gasteiger partial charge in [-0.2, -0.15) is 5.10 Å². The average Bonchev–Trinajstić information content (AvgIpc) is 2.67. The predicted octanol–water partition coefficient (Wildman–Crippen LogP) is 2.22. The van der Waals surface area contributed by atoms with E-state index in [1.54, 1.807) is 12.1 Å². The van der Waals surface area contributed by atoms with Crippen LogP contribution in [-0.4, -0.2) is 58.3 Å². The Bertz CT molecular complexity index is 781. The molecule has 1 N–H and O–H groups in total. The summed E-state index contributed by atoms with van der Waals surface area (Å²) in [5, 5.41) is 17.3. The number of piperidine rings is 1. The van der Waals surface area contributed by atoms with E-state index >= 15 is 0 Å². The summed E-state index contributed by atoms with van der Waals surface area (Å²) in [5.41, 5.74) is 1.59. The maximum atomic E-state index is 12.6. The van der Waals surface area contributed by atoms with Crippen molar-refractivity contribution in [1.82, 2.24) is 15.1 Å². The standard InChI is InChI=1S/C19H22N4O3/c1-13-3-8-17(21-20-13)22(2)16-9-11-23(12-10-16)18(24)14-4-6-15(7-5-14)19(25)26/h3-8,16H,9-12H2,1-2H3,(H,25,26). The van der Waals surface area contributed by atoms with Gasteiger partial charge in [0.25, 0.3) is 5.91 Å². The molecule has 1 aliphatic heterocycles. The van der Waals surface area contributed by atoms with Crippen LogP contribution in [0.4, 0.5) is 5.82 Å². The number of aromatic carboxylic acids is 1. The number of hydrogen-bond donors (Lipinski definition) is 1. The first-order valence-electron chi connectivity index (χ1n) is 8.61. The van der Waals surface area contributed by atoms with Gasteiger partial charge in [-0.05, 0) is 56.2 Å². The molecule has 7 nitrogen and oxygen atoms in total. The maximum Gasteiger partial charge on any atom is 0.335 e. The first-order valence-corrected chi connectivity index (χ1v) is 8.61. The van der Waals surface area contributed by atoms with E-state index in [-0.39, 0.29) is 11.5 Å². The summed E-state index contributed by atoms with van der Waals surface area (Å²) < 4.78 is 0. The molecule has 3 rings (SSSR count). The predicted molar refractivity (Wildman–Crippen MR) is 97.5 cm³/mol. The Hall–Kier alpha value is -2.96. The van der Waals surface area contributed by atoms with E-state index in [4.69, 9.17) is 5.11 Å². The first-order chi connectivity index (χ1) is 12.5. The molecule has 1 aromatic heterocycles. The van der Waals surface area contributed by atoms with Crippen LogP contribution in [0.5, 0.6) is 0 Å². The van der Waals surface area contributed by atoms with Crippen LogP contribution in [0.25, 0.3) is 0 Å². The fourth-order valence-corrected chi connectivity index (χ4v) is 3.16. The van der Waals surface area contributed by atoms with E-state index < -0.39 is 5.97 Å². The fraction of sp³-hybridized carbons (Fsp3) is 0.368. The molecule has 1 aromatic carbocycles. The van der Waals surface area contributed by atoms with Crippen molar-refractivity contribution in [2.45, 2.75) is 25.8 Å². The number of aryl methyl sites for hydroxylation is 1. The summed E-state index contributed by atoms with van der Waals surface area (Å²) in [4.78, 5) is 27.5. The second kappa shape index (κ2) is 7.51. The Morgan fingerprint density at radius 3 is 2.19 bits per heavy atom. The summed E-state index contributed by atoms with van der Waals surface area (Å²) in [7, 11) is 2.01. The van der Waals surface area contributed by atoms with E-state index in [2.05, 4.69) is 15.1 Å². The lowest BCUT2D eigenvalue weighted by Gasteiger charge is -2.37. The molecule has 2 heterocycles. The molecule has 7 heteroatoms. The molecule has 26 heavy (non-hydrogen) atoms. The molecule has 0 spiro atoms. The highest BCUT2D eigenvalue weighted by atomic mass is 16.4. The summed E-state index contributed by atoms with van der Waals surface area (Å²) in [5.74, 6) is -0.213. The topological polar surface area (TPSA) is 86.6 Å². The lowest BCUT2D eigenvalue weighted by atomic mass is 10.0. The lowest BCUT2D eigenvalue weighted by Crippen LogP contribution is -2.46. The number of anilines is 1. The van der Waals surface area contributed by atoms with Crippen LogP contribution >= 0.6 is 0 Å². The largest absolute Gasteiger partial charge is 0.478 e. The molecule has 1 aliphatic rings. The number of benzene rings is 1. The first kappa shape index (κ1) is 17.8. The Balaban J connectivity index is 1.59. The zero-order valence-electron chi connectivity index (χ0n) is 14.9. The van der Waals surface area contributed by atoms with Crippen LogP contribution in [0.3, 0.4) is 0 Å². The van der Waals surface area contributed by atoms with Crippen molar-refractivity contribution in [3.63, 3.8) is 0 Å². The average molecular weight is 354 g/mol. The summed E-state index contributed by atoms with van der Waals surface area (Å²) in [6.07, 6.45) is 1.70. The van der Waals surface area contributed by atoms with Crippen molar-refractivity contribution in [2.24, 2.45) is 0 Å². The van der Waals surface area contributed by atoms with Gasteiger partial charge in [-0.25, -0.2) is 4.79 Å². The SMILES string of the molecule is Cc1ccc(N(C)C2CCN(C(=O)c3ccc(C(=O)O)cc3)CC2)nn1. The smallest absolute Gasteiger partial charge is 0.335 e. The number of likely N-dealkylation sites (tertiary alicyclic amines) is 1. The summed E-state index contributed by atoms with van der Waals surface area (Å²) in [6.45, 7) is 3.23. The molecule has 1 amide bonds. The molecule has 0 unspecified atom stereocenters. The van der Waals surface area contributed by atoms with Gasteiger partial charge in [0.1, 0.15) is 0 Å². The van der Waals surface area contributed by atoms with Crippen molar-refractivity contribution < 1.29 is 14.7 Å². The summed E-state index contributed by atoms with van der Waals surface area (Å²) >= 11 is 0. The molecule has 0 bridgehead atoms. The highest BCUT2D eigenvalue weighted by molar-refractivity contribution is 5.96. The number of aromatic nitrogens is 2. The molecule has 0 radical (unpaired) electrons. The number of rotatable bonds is 4. The number of carboxylic acids is 1. The molecule has 2 aromatic rings. The minimum atomic E-state index is -0.993. The van der Waals surface area contributed by atoms with Gasteiger partial charge in [-0.15, -0.1) is 5.10 Å². The molecule has 0 aliphatic carbocycles. The van der Waals surface area contributed by atoms with Crippen LogP contribution < -0.4 is 4.90 Å². The summed E-state index contributed by atoms with van der Waals surface area (Å²) in [6, 6.07) is 10.3. The van der Waals surface area contributed by atoms with E-state index in [0.717, 1.165) is 24.4 Å². The zero-order valence-corrected chi connectivity index (χ0v) is 14.9. The Kier molecular flexibility index (Phi) is 5.16.